The van der Waals surface area contributed by atoms with Crippen LogP contribution in [0.2, 0.25) is 10.0 Å². The minimum atomic E-state index is 0.408. The molecule has 0 radical (unpaired) electrons. The van der Waals surface area contributed by atoms with E-state index in [0.29, 0.717) is 15.7 Å². The largest absolute Gasteiger partial charge is 0.397 e. The molecule has 5 heteroatoms. The minimum absolute atomic E-state index is 0.408. The Balaban J connectivity index is 3.46. The topological polar surface area (TPSA) is 26.0 Å². The van der Waals surface area contributed by atoms with E-state index in [9.17, 15) is 0 Å². The fourth-order valence-electron chi connectivity index (χ4n) is 0.580. The standard InChI is InChI=1S/C6H3BrCl2IN/c7-2-1-3(10)6(11)5(9)4(2)8/h1H,11H2. The Bertz CT molecular complexity index is 277. The minimum Gasteiger partial charge on any atom is -0.397 e. The van der Waals surface area contributed by atoms with Gasteiger partial charge >= 0.3 is 0 Å². The van der Waals surface area contributed by atoms with Gasteiger partial charge in [0.2, 0.25) is 0 Å². The molecule has 0 unspecified atom stereocenters. The maximum absolute atomic E-state index is 5.80. The average molecular weight is 367 g/mol. The molecule has 0 saturated heterocycles. The summed E-state index contributed by atoms with van der Waals surface area (Å²) in [6.45, 7) is 0. The first-order chi connectivity index (χ1) is 5.04. The molecule has 0 aromatic heterocycles. The zero-order chi connectivity index (χ0) is 8.59. The molecular weight excluding hydrogens is 364 g/mol. The van der Waals surface area contributed by atoms with Crippen LogP contribution >= 0.6 is 61.7 Å². The van der Waals surface area contributed by atoms with Crippen LogP contribution in [0.1, 0.15) is 0 Å². The van der Waals surface area contributed by atoms with Gasteiger partial charge < -0.3 is 5.73 Å². The Kier molecular flexibility index (Phi) is 3.31. The number of nitrogen functional groups attached to an aromatic ring is 1. The molecule has 0 amide bonds. The molecule has 1 rings (SSSR count). The first kappa shape index (κ1) is 9.89. The molecule has 1 aromatic rings. The lowest BCUT2D eigenvalue weighted by Gasteiger charge is -2.04. The Morgan fingerprint density at radius 2 is 1.91 bits per heavy atom. The molecule has 60 valence electrons. The summed E-state index contributed by atoms with van der Waals surface area (Å²) in [7, 11) is 0. The zero-order valence-electron chi connectivity index (χ0n) is 5.17. The van der Waals surface area contributed by atoms with Crippen molar-refractivity contribution >= 4 is 67.4 Å². The summed E-state index contributed by atoms with van der Waals surface area (Å²) < 4.78 is 1.66. The predicted molar refractivity (Wildman–Crippen MR) is 61.3 cm³/mol. The van der Waals surface area contributed by atoms with Gasteiger partial charge in [-0.1, -0.05) is 23.2 Å². The summed E-state index contributed by atoms with van der Waals surface area (Å²) >= 11 is 16.9. The first-order valence-corrected chi connectivity index (χ1v) is 5.25. The number of rotatable bonds is 0. The van der Waals surface area contributed by atoms with Crippen LogP contribution in [-0.4, -0.2) is 0 Å². The molecule has 0 bridgehead atoms. The van der Waals surface area contributed by atoms with Crippen LogP contribution < -0.4 is 5.73 Å². The third kappa shape index (κ3) is 1.94. The monoisotopic (exact) mass is 365 g/mol. The van der Waals surface area contributed by atoms with Crippen molar-refractivity contribution in [2.24, 2.45) is 0 Å². The van der Waals surface area contributed by atoms with Crippen LogP contribution in [0, 0.1) is 3.57 Å². The lowest BCUT2D eigenvalue weighted by Crippen LogP contribution is -1.91. The van der Waals surface area contributed by atoms with Crippen molar-refractivity contribution in [1.29, 1.82) is 0 Å². The van der Waals surface area contributed by atoms with E-state index < -0.39 is 0 Å². The molecule has 0 aliphatic heterocycles. The Hall–Kier alpha value is 0.810. The van der Waals surface area contributed by atoms with Gasteiger partial charge in [-0.2, -0.15) is 0 Å². The van der Waals surface area contributed by atoms with Crippen molar-refractivity contribution < 1.29 is 0 Å². The molecule has 0 aliphatic rings. The Morgan fingerprint density at radius 1 is 1.36 bits per heavy atom. The number of nitrogens with two attached hydrogens (primary N) is 1. The highest BCUT2D eigenvalue weighted by Crippen LogP contribution is 2.37. The Morgan fingerprint density at radius 3 is 2.45 bits per heavy atom. The van der Waals surface area contributed by atoms with Gasteiger partial charge in [0.25, 0.3) is 0 Å². The molecule has 0 saturated carbocycles. The van der Waals surface area contributed by atoms with E-state index in [1.807, 2.05) is 6.07 Å². The average Bonchev–Trinajstić information content (AvgIpc) is 1.97. The molecule has 0 atom stereocenters. The van der Waals surface area contributed by atoms with Crippen LogP contribution in [0.15, 0.2) is 10.5 Å². The number of benzene rings is 1. The molecule has 0 aliphatic carbocycles. The van der Waals surface area contributed by atoms with Crippen LogP contribution in [0.3, 0.4) is 0 Å². The van der Waals surface area contributed by atoms with Crippen LogP contribution in [0.4, 0.5) is 5.69 Å². The van der Waals surface area contributed by atoms with Crippen molar-refractivity contribution in [1.82, 2.24) is 0 Å². The van der Waals surface area contributed by atoms with E-state index in [4.69, 9.17) is 28.9 Å². The van der Waals surface area contributed by atoms with E-state index in [1.54, 1.807) is 0 Å². The lowest BCUT2D eigenvalue weighted by atomic mass is 10.3. The van der Waals surface area contributed by atoms with Crippen molar-refractivity contribution in [2.75, 3.05) is 5.73 Å². The molecule has 2 N–H and O–H groups in total. The number of halogens is 4. The summed E-state index contributed by atoms with van der Waals surface area (Å²) in [6.07, 6.45) is 0. The van der Waals surface area contributed by atoms with Crippen LogP contribution in [-0.2, 0) is 0 Å². The molecule has 1 nitrogen and oxygen atoms in total. The van der Waals surface area contributed by atoms with Crippen molar-refractivity contribution in [3.63, 3.8) is 0 Å². The van der Waals surface area contributed by atoms with E-state index in [0.717, 1.165) is 8.04 Å². The normalized spacial score (nSPS) is 10.2. The van der Waals surface area contributed by atoms with Gasteiger partial charge in [0.1, 0.15) is 0 Å². The molecule has 1 aromatic carbocycles. The van der Waals surface area contributed by atoms with E-state index in [2.05, 4.69) is 38.5 Å². The van der Waals surface area contributed by atoms with E-state index in [1.165, 1.54) is 0 Å². The van der Waals surface area contributed by atoms with Crippen LogP contribution in [0.5, 0.6) is 0 Å². The maximum atomic E-state index is 5.80. The van der Waals surface area contributed by atoms with Gasteiger partial charge in [-0.25, -0.2) is 0 Å². The Labute approximate surface area is 96.5 Å². The zero-order valence-corrected chi connectivity index (χ0v) is 10.4. The number of anilines is 1. The second kappa shape index (κ2) is 3.68. The first-order valence-electron chi connectivity index (χ1n) is 2.62. The van der Waals surface area contributed by atoms with Gasteiger partial charge in [-0.05, 0) is 44.6 Å². The third-order valence-corrected chi connectivity index (χ3v) is 3.78. The van der Waals surface area contributed by atoms with Gasteiger partial charge in [0.15, 0.2) is 0 Å². The molecule has 0 fully saturated rings. The maximum Gasteiger partial charge on any atom is 0.0843 e. The van der Waals surface area contributed by atoms with E-state index in [-0.39, 0.29) is 0 Å². The number of hydrogen-bond acceptors (Lipinski definition) is 1. The summed E-state index contributed by atoms with van der Waals surface area (Å²) in [5, 5.41) is 0.870. The summed E-state index contributed by atoms with van der Waals surface area (Å²) in [5.41, 5.74) is 6.14. The number of hydrogen-bond donors (Lipinski definition) is 1. The SMILES string of the molecule is Nc1c(I)cc(Br)c(Cl)c1Cl. The third-order valence-electron chi connectivity index (χ3n) is 1.15. The molecule has 11 heavy (non-hydrogen) atoms. The molecular formula is C6H3BrCl2IN. The van der Waals surface area contributed by atoms with Crippen molar-refractivity contribution in [3.8, 4) is 0 Å². The second-order valence-corrected chi connectivity index (χ2v) is 4.65. The van der Waals surface area contributed by atoms with Gasteiger partial charge in [-0.15, -0.1) is 0 Å². The lowest BCUT2D eigenvalue weighted by molar-refractivity contribution is 1.58. The summed E-state index contributed by atoms with van der Waals surface area (Å²) in [4.78, 5) is 0. The highest BCUT2D eigenvalue weighted by Gasteiger charge is 2.09. The fourth-order valence-corrected chi connectivity index (χ4v) is 2.65. The van der Waals surface area contributed by atoms with Crippen molar-refractivity contribution in [3.05, 3.63) is 24.2 Å². The van der Waals surface area contributed by atoms with Crippen molar-refractivity contribution in [2.45, 2.75) is 0 Å². The molecule has 0 spiro atoms. The summed E-state index contributed by atoms with van der Waals surface area (Å²) in [5.74, 6) is 0. The van der Waals surface area contributed by atoms with Gasteiger partial charge in [-0.3, -0.25) is 0 Å². The summed E-state index contributed by atoms with van der Waals surface area (Å²) in [6, 6.07) is 1.82. The van der Waals surface area contributed by atoms with Gasteiger partial charge in [0, 0.05) is 8.04 Å². The van der Waals surface area contributed by atoms with Crippen LogP contribution in [0.25, 0.3) is 0 Å². The van der Waals surface area contributed by atoms with E-state index >= 15 is 0 Å². The second-order valence-electron chi connectivity index (χ2n) is 1.88. The highest BCUT2D eigenvalue weighted by atomic mass is 127. The smallest absolute Gasteiger partial charge is 0.0843 e. The predicted octanol–water partition coefficient (Wildman–Crippen LogP) is 3.94. The van der Waals surface area contributed by atoms with Gasteiger partial charge in [0.05, 0.1) is 15.7 Å². The fraction of sp³-hybridized carbons (Fsp3) is 0. The molecule has 0 heterocycles. The quantitative estimate of drug-likeness (QED) is 0.320. The highest BCUT2D eigenvalue weighted by molar-refractivity contribution is 14.1.